The minimum atomic E-state index is -0.801. The molecule has 1 saturated carbocycles. The molecule has 0 spiro atoms. The minimum absolute atomic E-state index is 0.0119. The highest BCUT2D eigenvalue weighted by Gasteiger charge is 2.40. The zero-order valence-corrected chi connectivity index (χ0v) is 14.8. The first-order chi connectivity index (χ1) is 12.6. The fourth-order valence-corrected chi connectivity index (χ4v) is 3.62. The van der Waals surface area contributed by atoms with Gasteiger partial charge in [0.05, 0.1) is 24.3 Å². The zero-order valence-electron chi connectivity index (χ0n) is 14.8. The van der Waals surface area contributed by atoms with Crippen LogP contribution in [0, 0.1) is 0 Å². The molecule has 2 aliphatic rings. The Morgan fingerprint density at radius 3 is 2.92 bits per heavy atom. The Labute approximate surface area is 151 Å². The molecule has 2 aromatic heterocycles. The van der Waals surface area contributed by atoms with Crippen molar-refractivity contribution in [1.82, 2.24) is 24.6 Å². The highest BCUT2D eigenvalue weighted by molar-refractivity contribution is 5.78. The molecule has 1 atom stereocenters. The normalized spacial score (nSPS) is 21.0. The quantitative estimate of drug-likeness (QED) is 0.871. The Hall–Kier alpha value is -2.48. The van der Waals surface area contributed by atoms with E-state index in [2.05, 4.69) is 15.2 Å². The van der Waals surface area contributed by atoms with Crippen molar-refractivity contribution in [3.05, 3.63) is 36.2 Å². The molecule has 8 nitrogen and oxygen atoms in total. The molecule has 0 unspecified atom stereocenters. The van der Waals surface area contributed by atoms with Crippen LogP contribution in [0.5, 0.6) is 5.75 Å². The van der Waals surface area contributed by atoms with E-state index in [0.29, 0.717) is 38.3 Å². The van der Waals surface area contributed by atoms with Gasteiger partial charge in [-0.1, -0.05) is 0 Å². The maximum Gasteiger partial charge on any atom is 0.226 e. The summed E-state index contributed by atoms with van der Waals surface area (Å²) in [6.45, 7) is 3.47. The standard InChI is InChI=1S/C18H23N5O3/c1-13-17-21-20-15(12-26-14-4-2-7-19-11-14)23(17)9-8-22(13)16(24)10-18(25)5-3-6-18/h2,4,7,11,13,25H,3,5-6,8-10,12H2,1H3/t13-/m0/s1. The summed E-state index contributed by atoms with van der Waals surface area (Å²) in [5.74, 6) is 2.16. The van der Waals surface area contributed by atoms with E-state index in [9.17, 15) is 9.90 Å². The summed E-state index contributed by atoms with van der Waals surface area (Å²) in [4.78, 5) is 18.4. The topological polar surface area (TPSA) is 93.4 Å². The van der Waals surface area contributed by atoms with Crippen molar-refractivity contribution in [3.63, 3.8) is 0 Å². The summed E-state index contributed by atoms with van der Waals surface area (Å²) in [7, 11) is 0. The Balaban J connectivity index is 1.43. The van der Waals surface area contributed by atoms with Crippen LogP contribution in [0.3, 0.4) is 0 Å². The molecule has 1 aliphatic carbocycles. The summed E-state index contributed by atoms with van der Waals surface area (Å²) in [5.41, 5.74) is -0.801. The van der Waals surface area contributed by atoms with Gasteiger partial charge in [0.25, 0.3) is 0 Å². The van der Waals surface area contributed by atoms with Gasteiger partial charge >= 0.3 is 0 Å². The van der Waals surface area contributed by atoms with E-state index in [1.165, 1.54) is 0 Å². The zero-order chi connectivity index (χ0) is 18.1. The van der Waals surface area contributed by atoms with Crippen molar-refractivity contribution < 1.29 is 14.6 Å². The van der Waals surface area contributed by atoms with Crippen molar-refractivity contribution in [2.75, 3.05) is 6.54 Å². The van der Waals surface area contributed by atoms with E-state index >= 15 is 0 Å². The monoisotopic (exact) mass is 357 g/mol. The van der Waals surface area contributed by atoms with E-state index in [4.69, 9.17) is 4.74 Å². The smallest absolute Gasteiger partial charge is 0.226 e. The maximum absolute atomic E-state index is 12.6. The Morgan fingerprint density at radius 1 is 1.38 bits per heavy atom. The number of hydrogen-bond donors (Lipinski definition) is 1. The van der Waals surface area contributed by atoms with Crippen LogP contribution in [0.2, 0.25) is 0 Å². The summed E-state index contributed by atoms with van der Waals surface area (Å²) in [6.07, 6.45) is 5.97. The second-order valence-corrected chi connectivity index (χ2v) is 7.12. The summed E-state index contributed by atoms with van der Waals surface area (Å²) in [6, 6.07) is 3.49. The molecule has 1 amide bonds. The SMILES string of the molecule is C[C@H]1c2nnc(COc3cccnc3)n2CCN1C(=O)CC1(O)CCC1. The van der Waals surface area contributed by atoms with Crippen LogP contribution in [0.4, 0.5) is 0 Å². The fraction of sp³-hybridized carbons (Fsp3) is 0.556. The number of aliphatic hydroxyl groups is 1. The molecule has 1 fully saturated rings. The van der Waals surface area contributed by atoms with Gasteiger partial charge in [0, 0.05) is 19.3 Å². The Bertz CT molecular complexity index is 787. The maximum atomic E-state index is 12.6. The first-order valence-electron chi connectivity index (χ1n) is 9.02. The lowest BCUT2D eigenvalue weighted by molar-refractivity contribution is -0.143. The van der Waals surface area contributed by atoms with Gasteiger partial charge in [-0.2, -0.15) is 0 Å². The number of nitrogens with zero attached hydrogens (tertiary/aromatic N) is 5. The van der Waals surface area contributed by atoms with Crippen LogP contribution >= 0.6 is 0 Å². The highest BCUT2D eigenvalue weighted by atomic mass is 16.5. The molecule has 1 N–H and O–H groups in total. The number of hydrogen-bond acceptors (Lipinski definition) is 6. The summed E-state index contributed by atoms with van der Waals surface area (Å²) < 4.78 is 7.73. The molecule has 4 rings (SSSR count). The first-order valence-corrected chi connectivity index (χ1v) is 9.02. The van der Waals surface area contributed by atoms with Gasteiger partial charge in [0.1, 0.15) is 12.4 Å². The van der Waals surface area contributed by atoms with Crippen LogP contribution in [0.25, 0.3) is 0 Å². The molecule has 0 saturated heterocycles. The fourth-order valence-electron chi connectivity index (χ4n) is 3.62. The number of pyridine rings is 1. The highest BCUT2D eigenvalue weighted by Crippen LogP contribution is 2.36. The third kappa shape index (κ3) is 3.16. The van der Waals surface area contributed by atoms with Gasteiger partial charge in [-0.25, -0.2) is 0 Å². The predicted octanol–water partition coefficient (Wildman–Crippen LogP) is 1.46. The number of fused-ring (bicyclic) bond motifs is 1. The number of aromatic nitrogens is 4. The number of amides is 1. The molecule has 0 aromatic carbocycles. The van der Waals surface area contributed by atoms with E-state index in [1.54, 1.807) is 17.3 Å². The van der Waals surface area contributed by atoms with Gasteiger partial charge < -0.3 is 19.3 Å². The van der Waals surface area contributed by atoms with Crippen molar-refractivity contribution >= 4 is 5.91 Å². The average molecular weight is 357 g/mol. The van der Waals surface area contributed by atoms with Crippen molar-refractivity contribution in [2.24, 2.45) is 0 Å². The summed E-state index contributed by atoms with van der Waals surface area (Å²) >= 11 is 0. The van der Waals surface area contributed by atoms with Crippen molar-refractivity contribution in [1.29, 1.82) is 0 Å². The largest absolute Gasteiger partial charge is 0.484 e. The molecule has 2 aromatic rings. The van der Waals surface area contributed by atoms with Crippen LogP contribution in [0.15, 0.2) is 24.5 Å². The van der Waals surface area contributed by atoms with E-state index in [-0.39, 0.29) is 18.4 Å². The van der Waals surface area contributed by atoms with Crippen LogP contribution in [-0.4, -0.2) is 47.8 Å². The average Bonchev–Trinajstić information content (AvgIpc) is 3.03. The van der Waals surface area contributed by atoms with Gasteiger partial charge in [-0.05, 0) is 38.3 Å². The van der Waals surface area contributed by atoms with Crippen LogP contribution in [0.1, 0.15) is 50.3 Å². The lowest BCUT2D eigenvalue weighted by atomic mass is 9.77. The molecular formula is C18H23N5O3. The Morgan fingerprint density at radius 2 is 2.23 bits per heavy atom. The predicted molar refractivity (Wildman–Crippen MR) is 92.1 cm³/mol. The van der Waals surface area contributed by atoms with E-state index in [0.717, 1.165) is 18.1 Å². The molecule has 8 heteroatoms. The van der Waals surface area contributed by atoms with Gasteiger partial charge in [-0.15, -0.1) is 10.2 Å². The van der Waals surface area contributed by atoms with Crippen LogP contribution < -0.4 is 4.74 Å². The van der Waals surface area contributed by atoms with Crippen molar-refractivity contribution in [3.8, 4) is 5.75 Å². The lowest BCUT2D eigenvalue weighted by Gasteiger charge is -2.40. The number of rotatable bonds is 5. The van der Waals surface area contributed by atoms with Crippen LogP contribution in [-0.2, 0) is 17.9 Å². The third-order valence-corrected chi connectivity index (χ3v) is 5.35. The second kappa shape index (κ2) is 6.68. The molecule has 0 bridgehead atoms. The molecular weight excluding hydrogens is 334 g/mol. The van der Waals surface area contributed by atoms with E-state index < -0.39 is 5.60 Å². The van der Waals surface area contributed by atoms with Gasteiger partial charge in [0.2, 0.25) is 5.91 Å². The second-order valence-electron chi connectivity index (χ2n) is 7.12. The first kappa shape index (κ1) is 17.0. The molecule has 1 aliphatic heterocycles. The third-order valence-electron chi connectivity index (χ3n) is 5.35. The van der Waals surface area contributed by atoms with E-state index in [1.807, 2.05) is 23.6 Å². The lowest BCUT2D eigenvalue weighted by Crippen LogP contribution is -2.47. The van der Waals surface area contributed by atoms with Gasteiger partial charge in [-0.3, -0.25) is 9.78 Å². The molecule has 3 heterocycles. The molecule has 0 radical (unpaired) electrons. The molecule has 26 heavy (non-hydrogen) atoms. The molecule has 138 valence electrons. The number of carbonyl (C=O) groups excluding carboxylic acids is 1. The minimum Gasteiger partial charge on any atom is -0.484 e. The summed E-state index contributed by atoms with van der Waals surface area (Å²) in [5, 5.41) is 18.8. The van der Waals surface area contributed by atoms with Crippen molar-refractivity contribution in [2.45, 2.75) is 57.4 Å². The number of carbonyl (C=O) groups is 1. The number of ether oxygens (including phenoxy) is 1. The Kier molecular flexibility index (Phi) is 4.36. The van der Waals surface area contributed by atoms with Gasteiger partial charge in [0.15, 0.2) is 11.6 Å².